The third-order valence-electron chi connectivity index (χ3n) is 4.41. The van der Waals surface area contributed by atoms with Crippen LogP contribution in [0.2, 0.25) is 5.28 Å². The molecule has 2 aliphatic heterocycles. The average molecular weight is 412 g/mol. The fourth-order valence-corrected chi connectivity index (χ4v) is 3.29. The van der Waals surface area contributed by atoms with Gasteiger partial charge in [-0.1, -0.05) is 0 Å². The third kappa shape index (κ3) is 5.45. The number of morpholine rings is 1. The summed E-state index contributed by atoms with van der Waals surface area (Å²) in [4.78, 5) is 36.4. The summed E-state index contributed by atoms with van der Waals surface area (Å²) in [5.41, 5.74) is -0.288. The largest absolute Gasteiger partial charge is 0.444 e. The molecule has 1 aromatic heterocycles. The first-order valence-corrected chi connectivity index (χ1v) is 9.75. The van der Waals surface area contributed by atoms with Crippen molar-refractivity contribution >= 4 is 29.4 Å². The quantitative estimate of drug-likeness (QED) is 0.760. The second kappa shape index (κ2) is 8.48. The van der Waals surface area contributed by atoms with Crippen LogP contribution in [0.4, 0.5) is 10.6 Å². The molecule has 0 spiro atoms. The van der Waals surface area contributed by atoms with E-state index in [0.29, 0.717) is 45.2 Å². The second-order valence-corrected chi connectivity index (χ2v) is 8.21. The zero-order chi connectivity index (χ0) is 20.3. The highest BCUT2D eigenvalue weighted by molar-refractivity contribution is 6.28. The lowest BCUT2D eigenvalue weighted by Gasteiger charge is -2.26. The van der Waals surface area contributed by atoms with Crippen molar-refractivity contribution in [3.8, 4) is 0 Å². The van der Waals surface area contributed by atoms with Gasteiger partial charge in [0.25, 0.3) is 5.91 Å². The number of aromatic nitrogens is 2. The monoisotopic (exact) mass is 411 g/mol. The summed E-state index contributed by atoms with van der Waals surface area (Å²) in [5, 5.41) is 3.25. The lowest BCUT2D eigenvalue weighted by atomic mass is 10.2. The fourth-order valence-electron chi connectivity index (χ4n) is 3.11. The molecule has 3 heterocycles. The van der Waals surface area contributed by atoms with E-state index in [4.69, 9.17) is 21.1 Å². The molecule has 10 heteroatoms. The maximum atomic E-state index is 12.6. The van der Waals surface area contributed by atoms with Crippen LogP contribution in [0.3, 0.4) is 0 Å². The Kier molecular flexibility index (Phi) is 6.24. The van der Waals surface area contributed by atoms with Crippen LogP contribution in [0.5, 0.6) is 0 Å². The topological polar surface area (TPSA) is 96.9 Å². The molecule has 0 bridgehead atoms. The van der Waals surface area contributed by atoms with E-state index < -0.39 is 5.60 Å². The van der Waals surface area contributed by atoms with Crippen molar-refractivity contribution in [2.24, 2.45) is 0 Å². The van der Waals surface area contributed by atoms with Gasteiger partial charge in [0.2, 0.25) is 5.28 Å². The van der Waals surface area contributed by atoms with Gasteiger partial charge in [0, 0.05) is 38.3 Å². The summed E-state index contributed by atoms with van der Waals surface area (Å²) in [6.45, 7) is 8.67. The molecular formula is C18H26ClN5O4. The van der Waals surface area contributed by atoms with Gasteiger partial charge in [-0.15, -0.1) is 0 Å². The molecule has 0 radical (unpaired) electrons. The molecule has 0 aromatic carbocycles. The van der Waals surface area contributed by atoms with Crippen LogP contribution >= 0.6 is 11.6 Å². The lowest BCUT2D eigenvalue weighted by molar-refractivity contribution is 0.0292. The molecule has 2 fully saturated rings. The minimum absolute atomic E-state index is 0.00334. The molecule has 2 amide bonds. The van der Waals surface area contributed by atoms with E-state index in [2.05, 4.69) is 15.3 Å². The van der Waals surface area contributed by atoms with E-state index in [1.807, 2.05) is 20.8 Å². The molecule has 1 atom stereocenters. The Hall–Kier alpha value is -2.13. The van der Waals surface area contributed by atoms with E-state index >= 15 is 0 Å². The number of hydrogen-bond donors (Lipinski definition) is 1. The number of carbonyl (C=O) groups excluding carboxylic acids is 2. The van der Waals surface area contributed by atoms with Gasteiger partial charge >= 0.3 is 6.09 Å². The highest BCUT2D eigenvalue weighted by atomic mass is 35.5. The number of likely N-dealkylation sites (tertiary alicyclic amines) is 1. The van der Waals surface area contributed by atoms with Gasteiger partial charge in [-0.3, -0.25) is 4.79 Å². The van der Waals surface area contributed by atoms with Gasteiger partial charge in [0.15, 0.2) is 0 Å². The number of carbonyl (C=O) groups is 2. The number of nitrogens with zero attached hydrogens (tertiary/aromatic N) is 4. The lowest BCUT2D eigenvalue weighted by Crippen LogP contribution is -2.41. The molecule has 0 aliphatic carbocycles. The zero-order valence-electron chi connectivity index (χ0n) is 16.4. The molecule has 28 heavy (non-hydrogen) atoms. The highest BCUT2D eigenvalue weighted by Gasteiger charge is 2.30. The van der Waals surface area contributed by atoms with Crippen LogP contribution in [0, 0.1) is 0 Å². The number of halogens is 1. The summed E-state index contributed by atoms with van der Waals surface area (Å²) in [5.74, 6) is 0.269. The van der Waals surface area contributed by atoms with E-state index in [0.717, 1.165) is 6.42 Å². The average Bonchev–Trinajstić information content (AvgIpc) is 3.08. The summed E-state index contributed by atoms with van der Waals surface area (Å²) in [6, 6.07) is 1.59. The van der Waals surface area contributed by atoms with Gasteiger partial charge in [-0.2, -0.15) is 0 Å². The standard InChI is InChI=1S/C18H26ClN5O4/c1-18(2,3)28-17(26)24-5-4-12(11-24)20-14-10-13(21-16(19)22-14)15(25)23-6-8-27-9-7-23/h10,12H,4-9,11H2,1-3H3,(H,20,21,22). The normalized spacial score (nSPS) is 20.2. The molecule has 9 nitrogen and oxygen atoms in total. The maximum absolute atomic E-state index is 12.6. The first kappa shape index (κ1) is 20.6. The number of rotatable bonds is 3. The Balaban J connectivity index is 1.62. The van der Waals surface area contributed by atoms with Crippen molar-refractivity contribution in [3.63, 3.8) is 0 Å². The van der Waals surface area contributed by atoms with Crippen LogP contribution in [0.15, 0.2) is 6.07 Å². The van der Waals surface area contributed by atoms with Crippen molar-refractivity contribution in [3.05, 3.63) is 17.0 Å². The van der Waals surface area contributed by atoms with E-state index in [-0.39, 0.29) is 29.0 Å². The van der Waals surface area contributed by atoms with E-state index in [9.17, 15) is 9.59 Å². The van der Waals surface area contributed by atoms with E-state index in [1.54, 1.807) is 15.9 Å². The van der Waals surface area contributed by atoms with Crippen LogP contribution in [-0.4, -0.2) is 82.8 Å². The fraction of sp³-hybridized carbons (Fsp3) is 0.667. The molecule has 0 saturated carbocycles. The summed E-state index contributed by atoms with van der Waals surface area (Å²) in [6.07, 6.45) is 0.411. The van der Waals surface area contributed by atoms with Crippen LogP contribution in [0.1, 0.15) is 37.7 Å². The summed E-state index contributed by atoms with van der Waals surface area (Å²) < 4.78 is 10.7. The van der Waals surface area contributed by atoms with Crippen LogP contribution in [0.25, 0.3) is 0 Å². The van der Waals surface area contributed by atoms with Crippen molar-refractivity contribution in [1.29, 1.82) is 0 Å². The second-order valence-electron chi connectivity index (χ2n) is 7.87. The third-order valence-corrected chi connectivity index (χ3v) is 4.58. The first-order valence-electron chi connectivity index (χ1n) is 9.37. The van der Waals surface area contributed by atoms with Crippen molar-refractivity contribution in [1.82, 2.24) is 19.8 Å². The molecule has 2 saturated heterocycles. The summed E-state index contributed by atoms with van der Waals surface area (Å²) >= 11 is 6.03. The number of amides is 2. The predicted octanol–water partition coefficient (Wildman–Crippen LogP) is 2.02. The Morgan fingerprint density at radius 2 is 1.93 bits per heavy atom. The molecule has 1 N–H and O–H groups in total. The Morgan fingerprint density at radius 1 is 1.21 bits per heavy atom. The molecule has 3 rings (SSSR count). The molecule has 1 aromatic rings. The molecule has 154 valence electrons. The molecule has 1 unspecified atom stereocenters. The minimum Gasteiger partial charge on any atom is -0.444 e. The minimum atomic E-state index is -0.530. The smallest absolute Gasteiger partial charge is 0.410 e. The van der Waals surface area contributed by atoms with Gasteiger partial charge in [-0.05, 0) is 38.8 Å². The summed E-state index contributed by atoms with van der Waals surface area (Å²) in [7, 11) is 0. The van der Waals surface area contributed by atoms with Crippen molar-refractivity contribution in [2.45, 2.75) is 38.8 Å². The predicted molar refractivity (Wildman–Crippen MR) is 104 cm³/mol. The first-order chi connectivity index (χ1) is 13.2. The van der Waals surface area contributed by atoms with Gasteiger partial charge in [0.05, 0.1) is 13.2 Å². The van der Waals surface area contributed by atoms with Crippen LogP contribution < -0.4 is 5.32 Å². The Labute approximate surface area is 169 Å². The SMILES string of the molecule is CC(C)(C)OC(=O)N1CCC(Nc2cc(C(=O)N3CCOCC3)nc(Cl)n2)C1. The van der Waals surface area contributed by atoms with Gasteiger partial charge < -0.3 is 24.6 Å². The number of nitrogens with one attached hydrogen (secondary N) is 1. The van der Waals surface area contributed by atoms with Crippen molar-refractivity contribution in [2.75, 3.05) is 44.7 Å². The molecule has 2 aliphatic rings. The van der Waals surface area contributed by atoms with E-state index in [1.165, 1.54) is 0 Å². The zero-order valence-corrected chi connectivity index (χ0v) is 17.2. The maximum Gasteiger partial charge on any atom is 0.410 e. The molecular weight excluding hydrogens is 386 g/mol. The highest BCUT2D eigenvalue weighted by Crippen LogP contribution is 2.20. The number of anilines is 1. The number of hydrogen-bond acceptors (Lipinski definition) is 7. The Bertz CT molecular complexity index is 733. The van der Waals surface area contributed by atoms with Crippen molar-refractivity contribution < 1.29 is 19.1 Å². The van der Waals surface area contributed by atoms with Crippen LogP contribution in [-0.2, 0) is 9.47 Å². The number of ether oxygens (including phenoxy) is 2. The Morgan fingerprint density at radius 3 is 2.61 bits per heavy atom. The van der Waals surface area contributed by atoms with Gasteiger partial charge in [-0.25, -0.2) is 14.8 Å². The van der Waals surface area contributed by atoms with Gasteiger partial charge in [0.1, 0.15) is 17.1 Å².